The zero-order valence-electron chi connectivity index (χ0n) is 10.6. The summed E-state index contributed by atoms with van der Waals surface area (Å²) in [5, 5.41) is 0. The molecule has 0 aromatic heterocycles. The van der Waals surface area contributed by atoms with Crippen LogP contribution in [0, 0.1) is 0 Å². The number of esters is 1. The average molecular weight is 254 g/mol. The standard InChI is InChI=1S/C16H14O3/c1-19-16(18)10-14-4-2-3-5-15(14)13-8-6-12(11-17)7-9-13/h2-9,11H,10H2,1H3. The number of rotatable bonds is 4. The van der Waals surface area contributed by atoms with Gasteiger partial charge in [-0.05, 0) is 16.7 Å². The number of hydrogen-bond donors (Lipinski definition) is 0. The van der Waals surface area contributed by atoms with Crippen LogP contribution in [0.25, 0.3) is 11.1 Å². The van der Waals surface area contributed by atoms with Crippen molar-refractivity contribution >= 4 is 12.3 Å². The second-order valence-corrected chi connectivity index (χ2v) is 4.15. The van der Waals surface area contributed by atoms with E-state index in [1.54, 1.807) is 12.1 Å². The van der Waals surface area contributed by atoms with Gasteiger partial charge in [0.1, 0.15) is 6.29 Å². The van der Waals surface area contributed by atoms with E-state index in [0.29, 0.717) is 5.56 Å². The Hall–Kier alpha value is -2.42. The van der Waals surface area contributed by atoms with Gasteiger partial charge in [-0.15, -0.1) is 0 Å². The lowest BCUT2D eigenvalue weighted by Gasteiger charge is -2.09. The van der Waals surface area contributed by atoms with Crippen LogP contribution >= 0.6 is 0 Å². The fourth-order valence-electron chi connectivity index (χ4n) is 1.92. The van der Waals surface area contributed by atoms with Crippen LogP contribution in [0.15, 0.2) is 48.5 Å². The van der Waals surface area contributed by atoms with Gasteiger partial charge in [-0.1, -0.05) is 48.5 Å². The van der Waals surface area contributed by atoms with Gasteiger partial charge in [-0.25, -0.2) is 0 Å². The Labute approximate surface area is 111 Å². The minimum atomic E-state index is -0.267. The topological polar surface area (TPSA) is 43.4 Å². The van der Waals surface area contributed by atoms with Crippen LogP contribution in [-0.2, 0) is 16.0 Å². The molecule has 0 saturated carbocycles. The van der Waals surface area contributed by atoms with Crippen molar-refractivity contribution in [3.05, 3.63) is 59.7 Å². The maximum Gasteiger partial charge on any atom is 0.309 e. The van der Waals surface area contributed by atoms with E-state index in [-0.39, 0.29) is 12.4 Å². The van der Waals surface area contributed by atoms with Gasteiger partial charge in [0, 0.05) is 5.56 Å². The number of ether oxygens (including phenoxy) is 1. The van der Waals surface area contributed by atoms with Gasteiger partial charge in [0.2, 0.25) is 0 Å². The number of carbonyl (C=O) groups excluding carboxylic acids is 2. The summed E-state index contributed by atoms with van der Waals surface area (Å²) in [5.74, 6) is -0.267. The van der Waals surface area contributed by atoms with Crippen LogP contribution in [0.5, 0.6) is 0 Å². The summed E-state index contributed by atoms with van der Waals surface area (Å²) in [6, 6.07) is 14.9. The zero-order chi connectivity index (χ0) is 13.7. The minimum absolute atomic E-state index is 0.238. The molecule has 0 aliphatic heterocycles. The fraction of sp³-hybridized carbons (Fsp3) is 0.125. The first kappa shape index (κ1) is 13.0. The maximum absolute atomic E-state index is 11.4. The van der Waals surface area contributed by atoms with Crippen molar-refractivity contribution in [3.8, 4) is 11.1 Å². The quantitative estimate of drug-likeness (QED) is 0.622. The van der Waals surface area contributed by atoms with Gasteiger partial charge in [0.05, 0.1) is 13.5 Å². The Morgan fingerprint density at radius 2 is 1.79 bits per heavy atom. The lowest BCUT2D eigenvalue weighted by molar-refractivity contribution is -0.139. The highest BCUT2D eigenvalue weighted by Crippen LogP contribution is 2.24. The molecule has 0 bridgehead atoms. The molecule has 2 aromatic rings. The summed E-state index contributed by atoms with van der Waals surface area (Å²) in [4.78, 5) is 22.0. The largest absolute Gasteiger partial charge is 0.469 e. The summed E-state index contributed by atoms with van der Waals surface area (Å²) in [5.41, 5.74) is 3.50. The molecule has 0 unspecified atom stereocenters. The predicted octanol–water partition coefficient (Wildman–Crippen LogP) is 2.88. The van der Waals surface area contributed by atoms with Gasteiger partial charge in [0.15, 0.2) is 0 Å². The highest BCUT2D eigenvalue weighted by Gasteiger charge is 2.09. The second kappa shape index (κ2) is 5.96. The van der Waals surface area contributed by atoms with Gasteiger partial charge < -0.3 is 4.74 Å². The molecule has 0 fully saturated rings. The van der Waals surface area contributed by atoms with Crippen LogP contribution in [0.1, 0.15) is 15.9 Å². The summed E-state index contributed by atoms with van der Waals surface area (Å²) in [7, 11) is 1.38. The Balaban J connectivity index is 2.37. The van der Waals surface area contributed by atoms with E-state index in [1.165, 1.54) is 7.11 Å². The summed E-state index contributed by atoms with van der Waals surface area (Å²) in [6.07, 6.45) is 1.05. The first-order chi connectivity index (χ1) is 9.24. The van der Waals surface area contributed by atoms with E-state index in [0.717, 1.165) is 23.0 Å². The molecule has 0 spiro atoms. The van der Waals surface area contributed by atoms with Gasteiger partial charge in [-0.2, -0.15) is 0 Å². The van der Waals surface area contributed by atoms with Crippen LogP contribution in [-0.4, -0.2) is 19.4 Å². The molecule has 0 heterocycles. The number of aldehydes is 1. The van der Waals surface area contributed by atoms with E-state index < -0.39 is 0 Å². The van der Waals surface area contributed by atoms with Gasteiger partial charge in [0.25, 0.3) is 0 Å². The minimum Gasteiger partial charge on any atom is -0.469 e. The van der Waals surface area contributed by atoms with Crippen molar-refractivity contribution < 1.29 is 14.3 Å². The van der Waals surface area contributed by atoms with Crippen molar-refractivity contribution in [2.45, 2.75) is 6.42 Å². The van der Waals surface area contributed by atoms with Crippen molar-refractivity contribution in [2.24, 2.45) is 0 Å². The van der Waals surface area contributed by atoms with E-state index in [1.807, 2.05) is 36.4 Å². The van der Waals surface area contributed by atoms with Gasteiger partial charge >= 0.3 is 5.97 Å². The Morgan fingerprint density at radius 3 is 2.42 bits per heavy atom. The summed E-state index contributed by atoms with van der Waals surface area (Å²) < 4.78 is 4.70. The van der Waals surface area contributed by atoms with Crippen molar-refractivity contribution in [3.63, 3.8) is 0 Å². The zero-order valence-corrected chi connectivity index (χ0v) is 10.6. The molecule has 3 nitrogen and oxygen atoms in total. The van der Waals surface area contributed by atoms with Crippen molar-refractivity contribution in [2.75, 3.05) is 7.11 Å². The van der Waals surface area contributed by atoms with Crippen LogP contribution in [0.2, 0.25) is 0 Å². The molecule has 96 valence electrons. The third-order valence-electron chi connectivity index (χ3n) is 2.94. The fourth-order valence-corrected chi connectivity index (χ4v) is 1.92. The number of hydrogen-bond acceptors (Lipinski definition) is 3. The lowest BCUT2D eigenvalue weighted by atomic mass is 9.97. The Bertz CT molecular complexity index is 585. The van der Waals surface area contributed by atoms with Gasteiger partial charge in [-0.3, -0.25) is 9.59 Å². The number of carbonyl (C=O) groups is 2. The first-order valence-corrected chi connectivity index (χ1v) is 5.95. The Morgan fingerprint density at radius 1 is 1.11 bits per heavy atom. The van der Waals surface area contributed by atoms with Crippen LogP contribution < -0.4 is 0 Å². The van der Waals surface area contributed by atoms with E-state index in [2.05, 4.69) is 0 Å². The van der Waals surface area contributed by atoms with E-state index >= 15 is 0 Å². The molecule has 0 amide bonds. The third-order valence-corrected chi connectivity index (χ3v) is 2.94. The molecule has 0 radical (unpaired) electrons. The number of benzene rings is 2. The summed E-state index contributed by atoms with van der Waals surface area (Å²) in [6.45, 7) is 0. The SMILES string of the molecule is COC(=O)Cc1ccccc1-c1ccc(C=O)cc1. The molecule has 0 saturated heterocycles. The smallest absolute Gasteiger partial charge is 0.309 e. The molecular weight excluding hydrogens is 240 g/mol. The molecular formula is C16H14O3. The van der Waals surface area contributed by atoms with Crippen LogP contribution in [0.4, 0.5) is 0 Å². The second-order valence-electron chi connectivity index (χ2n) is 4.15. The average Bonchev–Trinajstić information content (AvgIpc) is 2.48. The Kier molecular flexibility index (Phi) is 4.08. The molecule has 0 atom stereocenters. The van der Waals surface area contributed by atoms with E-state index in [9.17, 15) is 9.59 Å². The molecule has 0 N–H and O–H groups in total. The summed E-state index contributed by atoms with van der Waals surface area (Å²) >= 11 is 0. The van der Waals surface area contributed by atoms with Crippen molar-refractivity contribution in [1.82, 2.24) is 0 Å². The highest BCUT2D eigenvalue weighted by atomic mass is 16.5. The molecule has 0 aliphatic rings. The first-order valence-electron chi connectivity index (χ1n) is 5.95. The lowest BCUT2D eigenvalue weighted by Crippen LogP contribution is -2.05. The van der Waals surface area contributed by atoms with Crippen LogP contribution in [0.3, 0.4) is 0 Å². The maximum atomic E-state index is 11.4. The van der Waals surface area contributed by atoms with E-state index in [4.69, 9.17) is 4.74 Å². The molecule has 2 rings (SSSR count). The number of methoxy groups -OCH3 is 1. The third kappa shape index (κ3) is 3.07. The normalized spacial score (nSPS) is 9.95. The van der Waals surface area contributed by atoms with Crippen molar-refractivity contribution in [1.29, 1.82) is 0 Å². The molecule has 2 aromatic carbocycles. The monoisotopic (exact) mass is 254 g/mol. The molecule has 0 aliphatic carbocycles. The highest BCUT2D eigenvalue weighted by molar-refractivity contribution is 5.80. The molecule has 3 heteroatoms. The predicted molar refractivity (Wildman–Crippen MR) is 73.0 cm³/mol. The molecule has 19 heavy (non-hydrogen) atoms.